The molecule has 0 unspecified atom stereocenters. The van der Waals surface area contributed by atoms with E-state index in [2.05, 4.69) is 29.4 Å². The smallest absolute Gasteiger partial charge is 0.322 e. The number of hydrogen-bond donors (Lipinski definition) is 1. The van der Waals surface area contributed by atoms with Gasteiger partial charge in [0.15, 0.2) is 9.84 Å². The molecule has 31 heavy (non-hydrogen) atoms. The summed E-state index contributed by atoms with van der Waals surface area (Å²) < 4.78 is 30.2. The molecular formula is C22H25N3O4S2. The van der Waals surface area contributed by atoms with E-state index in [1.54, 1.807) is 36.0 Å². The summed E-state index contributed by atoms with van der Waals surface area (Å²) in [7, 11) is -3.54. The van der Waals surface area contributed by atoms with E-state index in [1.165, 1.54) is 4.90 Å². The van der Waals surface area contributed by atoms with Crippen LogP contribution in [0.25, 0.3) is 0 Å². The fourth-order valence-electron chi connectivity index (χ4n) is 2.78. The van der Waals surface area contributed by atoms with Gasteiger partial charge in [0, 0.05) is 16.6 Å². The van der Waals surface area contributed by atoms with Crippen LogP contribution < -0.4 is 5.32 Å². The Hall–Kier alpha value is -2.65. The van der Waals surface area contributed by atoms with E-state index in [0.29, 0.717) is 17.6 Å². The molecule has 1 amide bonds. The van der Waals surface area contributed by atoms with Crippen molar-refractivity contribution in [2.45, 2.75) is 48.7 Å². The number of carbonyl (C=O) groups is 1. The van der Waals surface area contributed by atoms with Crippen molar-refractivity contribution >= 4 is 33.5 Å². The maximum Gasteiger partial charge on any atom is 0.322 e. The molecule has 0 aliphatic heterocycles. The number of thioether (sulfide) groups is 1. The summed E-state index contributed by atoms with van der Waals surface area (Å²) in [6, 6.07) is 14.6. The Morgan fingerprint density at radius 3 is 2.39 bits per heavy atom. The highest BCUT2D eigenvalue weighted by molar-refractivity contribution is 7.99. The number of benzene rings is 2. The summed E-state index contributed by atoms with van der Waals surface area (Å²) in [6.45, 7) is 6.17. The summed E-state index contributed by atoms with van der Waals surface area (Å²) in [5.41, 5.74) is 1.98. The van der Waals surface area contributed by atoms with Gasteiger partial charge in [-0.15, -0.1) is 16.9 Å². The normalized spacial score (nSPS) is 11.6. The van der Waals surface area contributed by atoms with Gasteiger partial charge >= 0.3 is 6.01 Å². The van der Waals surface area contributed by atoms with Crippen LogP contribution in [0.5, 0.6) is 0 Å². The minimum atomic E-state index is -3.54. The molecule has 1 heterocycles. The average Bonchev–Trinajstić information content (AvgIpc) is 3.14. The van der Waals surface area contributed by atoms with Gasteiger partial charge in [0.25, 0.3) is 0 Å². The van der Waals surface area contributed by atoms with E-state index >= 15 is 0 Å². The van der Waals surface area contributed by atoms with Crippen molar-refractivity contribution in [3.63, 3.8) is 0 Å². The second-order valence-electron chi connectivity index (χ2n) is 7.42. The zero-order chi connectivity index (χ0) is 22.4. The standard InChI is InChI=1S/C22H25N3O4S2/c1-15(2)30-18-8-6-17(7-9-18)14-21-24-25-22(29-21)23-20(26)12-13-31(27,28)19-10-4-16(3)5-11-19/h4-11,15H,12-14H2,1-3H3,(H,23,25,26). The molecule has 0 aliphatic rings. The van der Waals surface area contributed by atoms with Gasteiger partial charge in [0.2, 0.25) is 11.8 Å². The zero-order valence-corrected chi connectivity index (χ0v) is 19.3. The average molecular weight is 460 g/mol. The van der Waals surface area contributed by atoms with Gasteiger partial charge in [-0.3, -0.25) is 10.1 Å². The number of anilines is 1. The van der Waals surface area contributed by atoms with Crippen molar-refractivity contribution in [1.82, 2.24) is 10.2 Å². The number of amides is 1. The van der Waals surface area contributed by atoms with Gasteiger partial charge in [-0.25, -0.2) is 8.42 Å². The first-order valence-corrected chi connectivity index (χ1v) is 12.4. The van der Waals surface area contributed by atoms with Gasteiger partial charge in [0.1, 0.15) is 0 Å². The summed E-state index contributed by atoms with van der Waals surface area (Å²) in [5.74, 6) is -0.434. The first-order valence-electron chi connectivity index (χ1n) is 9.88. The van der Waals surface area contributed by atoms with E-state index in [4.69, 9.17) is 4.42 Å². The lowest BCUT2D eigenvalue weighted by molar-refractivity contribution is -0.116. The lowest BCUT2D eigenvalue weighted by Crippen LogP contribution is -2.17. The molecule has 0 saturated carbocycles. The number of aromatic nitrogens is 2. The van der Waals surface area contributed by atoms with Gasteiger partial charge in [0.05, 0.1) is 17.1 Å². The molecule has 0 aliphatic carbocycles. The third kappa shape index (κ3) is 6.93. The van der Waals surface area contributed by atoms with Crippen molar-refractivity contribution in [1.29, 1.82) is 0 Å². The summed E-state index contributed by atoms with van der Waals surface area (Å²) in [6.07, 6.45) is 0.236. The fraction of sp³-hybridized carbons (Fsp3) is 0.318. The van der Waals surface area contributed by atoms with Crippen molar-refractivity contribution in [3.05, 3.63) is 65.5 Å². The molecule has 9 heteroatoms. The third-order valence-corrected chi connectivity index (χ3v) is 7.09. The SMILES string of the molecule is Cc1ccc(S(=O)(=O)CCC(=O)Nc2nnc(Cc3ccc(SC(C)C)cc3)o2)cc1. The topological polar surface area (TPSA) is 102 Å². The molecule has 0 spiro atoms. The number of sulfone groups is 1. The van der Waals surface area contributed by atoms with E-state index in [-0.39, 0.29) is 23.1 Å². The molecule has 0 saturated heterocycles. The largest absolute Gasteiger partial charge is 0.407 e. The Bertz CT molecular complexity index is 1120. The van der Waals surface area contributed by atoms with Gasteiger partial charge in [-0.2, -0.15) is 0 Å². The van der Waals surface area contributed by atoms with Crippen LogP contribution in [-0.2, 0) is 21.1 Å². The maximum absolute atomic E-state index is 12.4. The summed E-state index contributed by atoms with van der Waals surface area (Å²) >= 11 is 1.79. The molecule has 0 bridgehead atoms. The van der Waals surface area contributed by atoms with Crippen molar-refractivity contribution < 1.29 is 17.6 Å². The van der Waals surface area contributed by atoms with E-state index in [0.717, 1.165) is 11.1 Å². The maximum atomic E-state index is 12.4. The van der Waals surface area contributed by atoms with Crippen LogP contribution in [0.1, 0.15) is 37.3 Å². The molecule has 2 aromatic carbocycles. The number of nitrogens with zero attached hydrogens (tertiary/aromatic N) is 2. The Labute approximate surface area is 186 Å². The van der Waals surface area contributed by atoms with Crippen molar-refractivity contribution in [2.24, 2.45) is 0 Å². The molecule has 164 valence electrons. The number of aryl methyl sites for hydroxylation is 1. The van der Waals surface area contributed by atoms with E-state index in [9.17, 15) is 13.2 Å². The molecule has 3 rings (SSSR count). The first kappa shape index (κ1) is 23.0. The van der Waals surface area contributed by atoms with E-state index in [1.807, 2.05) is 31.2 Å². The predicted octanol–water partition coefficient (Wildman–Crippen LogP) is 4.27. The summed E-state index contributed by atoms with van der Waals surface area (Å²) in [5, 5.41) is 10.7. The van der Waals surface area contributed by atoms with Gasteiger partial charge in [-0.1, -0.05) is 48.8 Å². The van der Waals surface area contributed by atoms with Crippen LogP contribution in [0.2, 0.25) is 0 Å². The van der Waals surface area contributed by atoms with Crippen molar-refractivity contribution in [2.75, 3.05) is 11.1 Å². The second kappa shape index (κ2) is 10.1. The Balaban J connectivity index is 1.52. The second-order valence-corrected chi connectivity index (χ2v) is 11.2. The number of rotatable bonds is 9. The monoisotopic (exact) mass is 459 g/mol. The van der Waals surface area contributed by atoms with Crippen molar-refractivity contribution in [3.8, 4) is 0 Å². The molecule has 1 N–H and O–H groups in total. The first-order chi connectivity index (χ1) is 14.7. The number of hydrogen-bond acceptors (Lipinski definition) is 7. The Morgan fingerprint density at radius 1 is 1.06 bits per heavy atom. The van der Waals surface area contributed by atoms with E-state index < -0.39 is 15.7 Å². The summed E-state index contributed by atoms with van der Waals surface area (Å²) in [4.78, 5) is 13.5. The molecule has 0 radical (unpaired) electrons. The highest BCUT2D eigenvalue weighted by Gasteiger charge is 2.18. The van der Waals surface area contributed by atoms with Crippen LogP contribution in [-0.4, -0.2) is 35.5 Å². The molecule has 0 fully saturated rings. The Kier molecular flexibility index (Phi) is 7.50. The molecule has 0 atom stereocenters. The number of nitrogens with one attached hydrogen (secondary N) is 1. The highest BCUT2D eigenvalue weighted by Crippen LogP contribution is 2.23. The minimum absolute atomic E-state index is 0.0419. The third-order valence-electron chi connectivity index (χ3n) is 4.34. The molecule has 7 nitrogen and oxygen atoms in total. The predicted molar refractivity (Wildman–Crippen MR) is 121 cm³/mol. The van der Waals surface area contributed by atoms with Crippen LogP contribution in [0, 0.1) is 6.92 Å². The number of carbonyl (C=O) groups excluding carboxylic acids is 1. The lowest BCUT2D eigenvalue weighted by atomic mass is 10.1. The van der Waals surface area contributed by atoms with Crippen LogP contribution in [0.15, 0.2) is 62.7 Å². The highest BCUT2D eigenvalue weighted by atomic mass is 32.2. The van der Waals surface area contributed by atoms with Crippen LogP contribution >= 0.6 is 11.8 Å². The lowest BCUT2D eigenvalue weighted by Gasteiger charge is -2.05. The Morgan fingerprint density at radius 2 is 1.74 bits per heavy atom. The molecular weight excluding hydrogens is 434 g/mol. The van der Waals surface area contributed by atoms with Gasteiger partial charge < -0.3 is 4.42 Å². The zero-order valence-electron chi connectivity index (χ0n) is 17.7. The van der Waals surface area contributed by atoms with Crippen LogP contribution in [0.3, 0.4) is 0 Å². The van der Waals surface area contributed by atoms with Crippen LogP contribution in [0.4, 0.5) is 6.01 Å². The molecule has 3 aromatic rings. The molecule has 1 aromatic heterocycles. The fourth-order valence-corrected chi connectivity index (χ4v) is 4.86. The minimum Gasteiger partial charge on any atom is -0.407 e. The van der Waals surface area contributed by atoms with Gasteiger partial charge in [-0.05, 0) is 36.8 Å². The quantitative estimate of drug-likeness (QED) is 0.477.